The van der Waals surface area contributed by atoms with E-state index in [0.29, 0.717) is 0 Å². The van der Waals surface area contributed by atoms with Gasteiger partial charge in [0.1, 0.15) is 0 Å². The number of hydrogen-bond acceptors (Lipinski definition) is 2. The van der Waals surface area contributed by atoms with E-state index < -0.39 is 6.19 Å². The van der Waals surface area contributed by atoms with Crippen LogP contribution in [0.4, 0.5) is 0 Å². The minimum Gasteiger partial charge on any atom is -0.289 e. The van der Waals surface area contributed by atoms with E-state index in [0.717, 1.165) is 10.6 Å². The van der Waals surface area contributed by atoms with E-state index in [2.05, 4.69) is 5.09 Å². The molecule has 1 N–H and O–H groups in total. The van der Waals surface area contributed by atoms with E-state index in [9.17, 15) is 4.79 Å². The van der Waals surface area contributed by atoms with E-state index in [1.807, 2.05) is 66.9 Å². The highest BCUT2D eigenvalue weighted by atomic mass is 32.4. The smallest absolute Gasteiger partial charge is 0.216 e. The summed E-state index contributed by atoms with van der Waals surface area (Å²) >= 11 is 5.90. The Bertz CT molecular complexity index is 542. The van der Waals surface area contributed by atoms with Crippen LogP contribution in [-0.4, -0.2) is 12.3 Å². The van der Waals surface area contributed by atoms with Crippen molar-refractivity contribution >= 4 is 34.9 Å². The van der Waals surface area contributed by atoms with Crippen LogP contribution in [0.5, 0.6) is 0 Å². The Morgan fingerprint density at radius 2 is 1.42 bits per heavy atom. The monoisotopic (exact) mass is 288 g/mol. The zero-order valence-electron chi connectivity index (χ0n) is 10.6. The van der Waals surface area contributed by atoms with E-state index in [1.165, 1.54) is 0 Å². The Morgan fingerprint density at radius 1 is 1.00 bits per heavy atom. The average molecular weight is 288 g/mol. The second kappa shape index (κ2) is 6.25. The number of nitrogens with one attached hydrogen (secondary N) is 1. The molecule has 2 nitrogen and oxygen atoms in total. The molecule has 2 rings (SSSR count). The SMILES string of the molecule is CC([C]=O)NP(=S)(c1ccccc1)c1ccccc1. The van der Waals surface area contributed by atoms with Gasteiger partial charge in [0.05, 0.1) is 12.2 Å². The van der Waals surface area contributed by atoms with Crippen LogP contribution in [0.2, 0.25) is 0 Å². The molecule has 0 heterocycles. The summed E-state index contributed by atoms with van der Waals surface area (Å²) in [6.45, 7) is 1.78. The molecule has 0 amide bonds. The Labute approximate surface area is 118 Å². The van der Waals surface area contributed by atoms with Gasteiger partial charge in [0.15, 0.2) is 0 Å². The number of hydrogen-bond donors (Lipinski definition) is 1. The lowest BCUT2D eigenvalue weighted by Gasteiger charge is -2.26. The summed E-state index contributed by atoms with van der Waals surface area (Å²) in [4.78, 5) is 10.8. The maximum absolute atomic E-state index is 10.8. The van der Waals surface area contributed by atoms with Crippen LogP contribution in [0.1, 0.15) is 6.92 Å². The van der Waals surface area contributed by atoms with Crippen LogP contribution in [0, 0.1) is 0 Å². The molecule has 1 radical (unpaired) electrons. The van der Waals surface area contributed by atoms with Gasteiger partial charge in [0.25, 0.3) is 0 Å². The largest absolute Gasteiger partial charge is 0.289 e. The van der Waals surface area contributed by atoms with E-state index in [4.69, 9.17) is 11.8 Å². The molecule has 0 fully saturated rings. The Balaban J connectivity index is 2.51. The van der Waals surface area contributed by atoms with Crippen LogP contribution in [-0.2, 0) is 16.6 Å². The van der Waals surface area contributed by atoms with Crippen LogP contribution >= 0.6 is 6.19 Å². The van der Waals surface area contributed by atoms with Gasteiger partial charge >= 0.3 is 0 Å². The molecule has 1 unspecified atom stereocenters. The maximum atomic E-state index is 10.8. The first-order valence-electron chi connectivity index (χ1n) is 6.03. The minimum absolute atomic E-state index is 0.383. The fourth-order valence-corrected chi connectivity index (χ4v) is 5.46. The molecule has 0 bridgehead atoms. The third-order valence-corrected chi connectivity index (χ3v) is 7.17. The van der Waals surface area contributed by atoms with Crippen molar-refractivity contribution in [2.45, 2.75) is 13.0 Å². The lowest BCUT2D eigenvalue weighted by Crippen LogP contribution is -2.34. The second-order valence-electron chi connectivity index (χ2n) is 4.25. The number of rotatable bonds is 5. The molecule has 0 saturated heterocycles. The lowest BCUT2D eigenvalue weighted by atomic mass is 10.4. The van der Waals surface area contributed by atoms with Crippen LogP contribution in [0.15, 0.2) is 60.7 Å². The minimum atomic E-state index is -2.18. The Morgan fingerprint density at radius 3 is 1.79 bits per heavy atom. The molecule has 0 spiro atoms. The van der Waals surface area contributed by atoms with Crippen molar-refractivity contribution in [1.29, 1.82) is 0 Å². The zero-order valence-corrected chi connectivity index (χ0v) is 12.3. The third-order valence-electron chi connectivity index (χ3n) is 2.79. The van der Waals surface area contributed by atoms with Gasteiger partial charge in [-0.3, -0.25) is 9.88 Å². The maximum Gasteiger partial charge on any atom is 0.216 e. The topological polar surface area (TPSA) is 29.1 Å². The van der Waals surface area contributed by atoms with Gasteiger partial charge in [-0.15, -0.1) is 0 Å². The van der Waals surface area contributed by atoms with Gasteiger partial charge < -0.3 is 0 Å². The Kier molecular flexibility index (Phi) is 4.65. The first-order valence-corrected chi connectivity index (χ1v) is 8.84. The van der Waals surface area contributed by atoms with Gasteiger partial charge in [-0.05, 0) is 6.92 Å². The second-order valence-corrected chi connectivity index (χ2v) is 8.40. The molecular weight excluding hydrogens is 273 g/mol. The molecule has 1 atom stereocenters. The summed E-state index contributed by atoms with van der Waals surface area (Å²) in [5, 5.41) is 5.39. The summed E-state index contributed by atoms with van der Waals surface area (Å²) in [5.74, 6) is 0. The van der Waals surface area contributed by atoms with Crippen molar-refractivity contribution in [2.24, 2.45) is 0 Å². The highest BCUT2D eigenvalue weighted by molar-refractivity contribution is 8.20. The van der Waals surface area contributed by atoms with Gasteiger partial charge in [-0.2, -0.15) is 0 Å². The zero-order chi connectivity index (χ0) is 13.7. The highest BCUT2D eigenvalue weighted by Crippen LogP contribution is 2.39. The fraction of sp³-hybridized carbons (Fsp3) is 0.133. The van der Waals surface area contributed by atoms with Crippen molar-refractivity contribution in [1.82, 2.24) is 5.09 Å². The average Bonchev–Trinajstić information content (AvgIpc) is 2.48. The molecular formula is C15H15NOPS. The fourth-order valence-electron chi connectivity index (χ4n) is 1.87. The van der Waals surface area contributed by atoms with Crippen molar-refractivity contribution < 1.29 is 4.79 Å². The summed E-state index contributed by atoms with van der Waals surface area (Å²) in [5.41, 5.74) is 0. The highest BCUT2D eigenvalue weighted by Gasteiger charge is 2.23. The first kappa shape index (κ1) is 14.1. The van der Waals surface area contributed by atoms with Crippen LogP contribution in [0.3, 0.4) is 0 Å². The van der Waals surface area contributed by atoms with Crippen molar-refractivity contribution in [3.63, 3.8) is 0 Å². The van der Waals surface area contributed by atoms with Gasteiger partial charge in [0.2, 0.25) is 6.29 Å². The predicted octanol–water partition coefficient (Wildman–Crippen LogP) is 2.12. The van der Waals surface area contributed by atoms with E-state index >= 15 is 0 Å². The van der Waals surface area contributed by atoms with Crippen molar-refractivity contribution in [3.8, 4) is 0 Å². The van der Waals surface area contributed by atoms with E-state index in [-0.39, 0.29) is 6.04 Å². The predicted molar refractivity (Wildman–Crippen MR) is 84.7 cm³/mol. The van der Waals surface area contributed by atoms with Gasteiger partial charge in [-0.1, -0.05) is 72.5 Å². The van der Waals surface area contributed by atoms with Crippen molar-refractivity contribution in [2.75, 3.05) is 0 Å². The number of carbonyl (C=O) groups excluding carboxylic acids is 1. The summed E-state index contributed by atoms with van der Waals surface area (Å²) in [6.07, 6.45) is -0.216. The molecule has 0 saturated carbocycles. The molecule has 2 aromatic carbocycles. The lowest BCUT2D eigenvalue weighted by molar-refractivity contribution is 0.542. The molecule has 0 aliphatic rings. The van der Waals surface area contributed by atoms with Crippen LogP contribution < -0.4 is 15.7 Å². The van der Waals surface area contributed by atoms with Crippen LogP contribution in [0.25, 0.3) is 0 Å². The quantitative estimate of drug-likeness (QED) is 0.855. The molecule has 0 aromatic heterocycles. The third kappa shape index (κ3) is 3.19. The first-order chi connectivity index (χ1) is 9.16. The van der Waals surface area contributed by atoms with E-state index in [1.54, 1.807) is 6.92 Å². The summed E-state index contributed by atoms with van der Waals surface area (Å²) < 4.78 is 0. The molecule has 0 aliphatic carbocycles. The summed E-state index contributed by atoms with van der Waals surface area (Å²) in [6, 6.07) is 19.5. The Hall–Kier alpha value is -1.28. The molecule has 97 valence electrons. The van der Waals surface area contributed by atoms with Gasteiger partial charge in [-0.25, -0.2) is 0 Å². The molecule has 19 heavy (non-hydrogen) atoms. The normalized spacial score (nSPS) is 12.9. The molecule has 0 aliphatic heterocycles. The molecule has 4 heteroatoms. The molecule has 2 aromatic rings. The number of benzene rings is 2. The standard InChI is InChI=1S/C15H15NOPS/c1-13(12-17)16-18(19,14-8-4-2-5-9-14)15-10-6-3-7-11-15/h2-11,13H,1H3,(H,16,19). The summed E-state index contributed by atoms with van der Waals surface area (Å²) in [7, 11) is 0. The van der Waals surface area contributed by atoms with Gasteiger partial charge in [0, 0.05) is 10.6 Å². The van der Waals surface area contributed by atoms with Crippen molar-refractivity contribution in [3.05, 3.63) is 60.7 Å².